The molecular formula is C16H23N3O2+2. The summed E-state index contributed by atoms with van der Waals surface area (Å²) in [5.41, 5.74) is 1.36. The smallest absolute Gasteiger partial charge is 0.287 e. The Bertz CT molecular complexity index is 524. The maximum atomic E-state index is 12.1. The van der Waals surface area contributed by atoms with Gasteiger partial charge < -0.3 is 9.80 Å². The van der Waals surface area contributed by atoms with E-state index in [1.54, 1.807) is 11.9 Å². The van der Waals surface area contributed by atoms with Crippen molar-refractivity contribution in [2.75, 3.05) is 33.2 Å². The quantitative estimate of drug-likeness (QED) is 0.616. The van der Waals surface area contributed by atoms with Crippen LogP contribution in [0.5, 0.6) is 0 Å². The number of rotatable bonds is 3. The molecule has 112 valence electrons. The average molecular weight is 289 g/mol. The van der Waals surface area contributed by atoms with Crippen molar-refractivity contribution < 1.29 is 19.4 Å². The highest BCUT2D eigenvalue weighted by Gasteiger charge is 2.44. The Morgan fingerprint density at radius 3 is 2.33 bits per heavy atom. The number of benzene rings is 1. The van der Waals surface area contributed by atoms with E-state index in [0.717, 1.165) is 32.7 Å². The molecule has 21 heavy (non-hydrogen) atoms. The van der Waals surface area contributed by atoms with Gasteiger partial charge in [0.25, 0.3) is 5.91 Å². The van der Waals surface area contributed by atoms with Crippen LogP contribution in [-0.2, 0) is 16.1 Å². The lowest BCUT2D eigenvalue weighted by molar-refractivity contribution is -1.02. The first-order valence-electron chi connectivity index (χ1n) is 7.67. The SMILES string of the molecule is CN1C(=O)C[C@@H]([NH+]2CC[NH+](Cc3ccccc3)CC2)C1=O. The summed E-state index contributed by atoms with van der Waals surface area (Å²) in [5, 5.41) is 0. The van der Waals surface area contributed by atoms with Gasteiger partial charge in [0.2, 0.25) is 5.91 Å². The number of hydrogen-bond donors (Lipinski definition) is 2. The first-order valence-corrected chi connectivity index (χ1v) is 7.67. The fourth-order valence-electron chi connectivity index (χ4n) is 3.41. The summed E-state index contributed by atoms with van der Waals surface area (Å²) >= 11 is 0. The lowest BCUT2D eigenvalue weighted by atomic mass is 10.1. The molecule has 0 spiro atoms. The monoisotopic (exact) mass is 289 g/mol. The van der Waals surface area contributed by atoms with Crippen molar-refractivity contribution >= 4 is 11.8 Å². The van der Waals surface area contributed by atoms with Crippen molar-refractivity contribution in [3.8, 4) is 0 Å². The van der Waals surface area contributed by atoms with Crippen LogP contribution in [0.2, 0.25) is 0 Å². The molecule has 2 saturated heterocycles. The van der Waals surface area contributed by atoms with E-state index in [4.69, 9.17) is 0 Å². The number of likely N-dealkylation sites (N-methyl/N-ethyl adjacent to an activating group) is 1. The van der Waals surface area contributed by atoms with Crippen molar-refractivity contribution in [2.24, 2.45) is 0 Å². The third-order valence-corrected chi connectivity index (χ3v) is 4.77. The first-order chi connectivity index (χ1) is 10.1. The third kappa shape index (κ3) is 2.99. The Hall–Kier alpha value is -1.72. The van der Waals surface area contributed by atoms with E-state index < -0.39 is 0 Å². The molecule has 2 aliphatic rings. The van der Waals surface area contributed by atoms with Crippen LogP contribution in [-0.4, -0.2) is 56.0 Å². The number of nitrogens with one attached hydrogen (secondary N) is 2. The number of quaternary nitrogens is 2. The van der Waals surface area contributed by atoms with Gasteiger partial charge >= 0.3 is 0 Å². The molecule has 1 atom stereocenters. The first kappa shape index (κ1) is 14.2. The van der Waals surface area contributed by atoms with Crippen LogP contribution in [0.3, 0.4) is 0 Å². The molecule has 2 N–H and O–H groups in total. The number of amides is 2. The fourth-order valence-corrected chi connectivity index (χ4v) is 3.41. The second-order valence-corrected chi connectivity index (χ2v) is 6.12. The van der Waals surface area contributed by atoms with E-state index >= 15 is 0 Å². The predicted octanol–water partition coefficient (Wildman–Crippen LogP) is -2.27. The van der Waals surface area contributed by atoms with E-state index in [0.29, 0.717) is 6.42 Å². The highest BCUT2D eigenvalue weighted by Crippen LogP contribution is 2.07. The predicted molar refractivity (Wildman–Crippen MR) is 77.7 cm³/mol. The topological polar surface area (TPSA) is 46.3 Å². The van der Waals surface area contributed by atoms with E-state index in [1.807, 2.05) is 6.07 Å². The molecule has 5 nitrogen and oxygen atoms in total. The van der Waals surface area contributed by atoms with Crippen LogP contribution in [0.25, 0.3) is 0 Å². The van der Waals surface area contributed by atoms with Gasteiger partial charge in [-0.3, -0.25) is 14.5 Å². The van der Waals surface area contributed by atoms with Gasteiger partial charge in [0.05, 0.1) is 6.42 Å². The van der Waals surface area contributed by atoms with Crippen molar-refractivity contribution in [2.45, 2.75) is 19.0 Å². The van der Waals surface area contributed by atoms with Gasteiger partial charge in [-0.05, 0) is 0 Å². The van der Waals surface area contributed by atoms with E-state index in [2.05, 4.69) is 24.3 Å². The molecular weight excluding hydrogens is 266 g/mol. The molecule has 0 aromatic heterocycles. The Labute approximate surface area is 125 Å². The molecule has 0 bridgehead atoms. The summed E-state index contributed by atoms with van der Waals surface area (Å²) in [6.45, 7) is 5.11. The van der Waals surface area contributed by atoms with Crippen LogP contribution in [0.4, 0.5) is 0 Å². The molecule has 3 rings (SSSR count). The molecule has 0 saturated carbocycles. The molecule has 2 fully saturated rings. The van der Waals surface area contributed by atoms with Crippen molar-refractivity contribution in [3.63, 3.8) is 0 Å². The minimum atomic E-state index is -0.138. The highest BCUT2D eigenvalue weighted by molar-refractivity contribution is 6.04. The maximum Gasteiger partial charge on any atom is 0.287 e. The zero-order valence-corrected chi connectivity index (χ0v) is 12.5. The van der Waals surface area contributed by atoms with Gasteiger partial charge in [0.15, 0.2) is 6.04 Å². The summed E-state index contributed by atoms with van der Waals surface area (Å²) in [4.78, 5) is 27.8. The second kappa shape index (κ2) is 5.95. The molecule has 0 aliphatic carbocycles. The highest BCUT2D eigenvalue weighted by atomic mass is 16.2. The molecule has 5 heteroatoms. The molecule has 1 aromatic rings. The Morgan fingerprint density at radius 2 is 1.76 bits per heavy atom. The van der Waals surface area contributed by atoms with Gasteiger partial charge in [-0.25, -0.2) is 0 Å². The largest absolute Gasteiger partial charge is 0.322 e. The number of hydrogen-bond acceptors (Lipinski definition) is 2. The molecule has 2 amide bonds. The average Bonchev–Trinajstić information content (AvgIpc) is 2.77. The van der Waals surface area contributed by atoms with Crippen LogP contribution in [0.1, 0.15) is 12.0 Å². The van der Waals surface area contributed by atoms with Crippen molar-refractivity contribution in [1.29, 1.82) is 0 Å². The van der Waals surface area contributed by atoms with Crippen LogP contribution < -0.4 is 9.80 Å². The lowest BCUT2D eigenvalue weighted by Crippen LogP contribution is -3.29. The minimum absolute atomic E-state index is 0.00140. The van der Waals surface area contributed by atoms with Gasteiger partial charge in [0.1, 0.15) is 32.7 Å². The van der Waals surface area contributed by atoms with Crippen molar-refractivity contribution in [1.82, 2.24) is 4.90 Å². The Balaban J connectivity index is 1.54. The fraction of sp³-hybridized carbons (Fsp3) is 0.500. The third-order valence-electron chi connectivity index (χ3n) is 4.77. The number of carbonyl (C=O) groups is 2. The molecule has 2 aliphatic heterocycles. The summed E-state index contributed by atoms with van der Waals surface area (Å²) in [5.74, 6) is -0.0296. The van der Waals surface area contributed by atoms with Gasteiger partial charge in [-0.15, -0.1) is 0 Å². The number of nitrogens with zero attached hydrogens (tertiary/aromatic N) is 1. The van der Waals surface area contributed by atoms with Gasteiger partial charge in [-0.1, -0.05) is 30.3 Å². The molecule has 0 unspecified atom stereocenters. The van der Waals surface area contributed by atoms with Crippen LogP contribution in [0, 0.1) is 0 Å². The number of likely N-dealkylation sites (tertiary alicyclic amines) is 1. The molecule has 0 radical (unpaired) electrons. The van der Waals surface area contributed by atoms with Crippen LogP contribution in [0.15, 0.2) is 30.3 Å². The molecule has 2 heterocycles. The van der Waals surface area contributed by atoms with E-state index in [-0.39, 0.29) is 17.9 Å². The van der Waals surface area contributed by atoms with Crippen molar-refractivity contribution in [3.05, 3.63) is 35.9 Å². The zero-order valence-electron chi connectivity index (χ0n) is 12.5. The van der Waals surface area contributed by atoms with Crippen LogP contribution >= 0.6 is 0 Å². The Kier molecular flexibility index (Phi) is 4.03. The van der Waals surface area contributed by atoms with E-state index in [9.17, 15) is 9.59 Å². The number of carbonyl (C=O) groups excluding carboxylic acids is 2. The lowest BCUT2D eigenvalue weighted by Gasteiger charge is -2.32. The zero-order chi connectivity index (χ0) is 14.8. The summed E-state index contributed by atoms with van der Waals surface area (Å²) in [7, 11) is 1.60. The van der Waals surface area contributed by atoms with E-state index in [1.165, 1.54) is 15.4 Å². The number of imide groups is 1. The normalized spacial score (nSPS) is 30.0. The second-order valence-electron chi connectivity index (χ2n) is 6.12. The molecule has 1 aromatic carbocycles. The summed E-state index contributed by atoms with van der Waals surface area (Å²) in [6.07, 6.45) is 0.388. The van der Waals surface area contributed by atoms with Gasteiger partial charge in [-0.2, -0.15) is 0 Å². The van der Waals surface area contributed by atoms with Gasteiger partial charge in [0, 0.05) is 12.6 Å². The standard InChI is InChI=1S/C16H21N3O2/c1-17-15(20)11-14(16(17)21)19-9-7-18(8-10-19)12-13-5-3-2-4-6-13/h2-6,14H,7-12H2,1H3/p+2/t14-/m1/s1. The summed E-state index contributed by atoms with van der Waals surface area (Å²) in [6, 6.07) is 10.4. The number of piperazine rings is 1. The minimum Gasteiger partial charge on any atom is -0.322 e. The maximum absolute atomic E-state index is 12.1. The Morgan fingerprint density at radius 1 is 1.10 bits per heavy atom. The summed E-state index contributed by atoms with van der Waals surface area (Å²) < 4.78 is 0.